The Morgan fingerprint density at radius 3 is 2.56 bits per heavy atom. The molecule has 8 heteroatoms. The highest BCUT2D eigenvalue weighted by Crippen LogP contribution is 2.28. The van der Waals surface area contributed by atoms with Gasteiger partial charge in [-0.05, 0) is 56.2 Å². The van der Waals surface area contributed by atoms with Crippen molar-refractivity contribution in [2.45, 2.75) is 32.9 Å². The van der Waals surface area contributed by atoms with Gasteiger partial charge in [-0.15, -0.1) is 0 Å². The summed E-state index contributed by atoms with van der Waals surface area (Å²) >= 11 is 6.47. The van der Waals surface area contributed by atoms with E-state index >= 15 is 0 Å². The Morgan fingerprint density at radius 1 is 1.00 bits per heavy atom. The van der Waals surface area contributed by atoms with Crippen LogP contribution in [0, 0.1) is 13.5 Å². The minimum Gasteiger partial charge on any atom is -0.369 e. The number of rotatable bonds is 5. The zero-order valence-corrected chi connectivity index (χ0v) is 23.9. The lowest BCUT2D eigenvalue weighted by Gasteiger charge is -2.41. The molecule has 1 atom stereocenters. The Kier molecular flexibility index (Phi) is 8.15. The first-order valence-electron chi connectivity index (χ1n) is 13.8. The number of carbonyl (C=O) groups is 1. The van der Waals surface area contributed by atoms with Crippen LogP contribution in [-0.4, -0.2) is 72.1 Å². The van der Waals surface area contributed by atoms with Crippen LogP contribution in [0.25, 0.3) is 4.85 Å². The molecular formula is C31H37ClN6O. The van der Waals surface area contributed by atoms with E-state index < -0.39 is 0 Å². The molecule has 0 spiro atoms. The number of hydrogen-bond acceptors (Lipinski definition) is 4. The molecule has 3 aromatic rings. The normalized spacial score (nSPS) is 18.6. The molecule has 2 saturated heterocycles. The summed E-state index contributed by atoms with van der Waals surface area (Å²) in [6.45, 7) is 18.4. The summed E-state index contributed by atoms with van der Waals surface area (Å²) in [7, 11) is 2.00. The van der Waals surface area contributed by atoms with Gasteiger partial charge >= 0.3 is 0 Å². The molecule has 2 aromatic carbocycles. The molecule has 2 aliphatic heterocycles. The molecule has 0 N–H and O–H groups in total. The number of nitrogens with zero attached hydrogens (tertiary/aromatic N) is 6. The number of anilines is 2. The van der Waals surface area contributed by atoms with E-state index in [4.69, 9.17) is 18.2 Å². The third-order valence-electron chi connectivity index (χ3n) is 8.25. The molecule has 204 valence electrons. The second-order valence-electron chi connectivity index (χ2n) is 10.7. The van der Waals surface area contributed by atoms with Crippen molar-refractivity contribution >= 4 is 34.6 Å². The smallest absolute Gasteiger partial charge is 0.270 e. The van der Waals surface area contributed by atoms with Crippen molar-refractivity contribution in [3.8, 4) is 0 Å². The van der Waals surface area contributed by atoms with Crippen molar-refractivity contribution < 1.29 is 4.79 Å². The summed E-state index contributed by atoms with van der Waals surface area (Å²) in [6.07, 6.45) is 1.07. The lowest BCUT2D eigenvalue weighted by Crippen LogP contribution is -2.54. The van der Waals surface area contributed by atoms with E-state index in [0.29, 0.717) is 12.2 Å². The lowest BCUT2D eigenvalue weighted by molar-refractivity contribution is 0.0664. The number of benzene rings is 2. The Balaban J connectivity index is 1.24. The van der Waals surface area contributed by atoms with E-state index in [1.807, 2.05) is 54.4 Å². The first-order chi connectivity index (χ1) is 18.9. The number of carbonyl (C=O) groups excluding carboxylic acids is 1. The van der Waals surface area contributed by atoms with E-state index in [0.717, 1.165) is 80.0 Å². The predicted octanol–water partition coefficient (Wildman–Crippen LogP) is 5.60. The van der Waals surface area contributed by atoms with Gasteiger partial charge in [0.2, 0.25) is 0 Å². The Bertz CT molecular complexity index is 1380. The maximum atomic E-state index is 13.7. The van der Waals surface area contributed by atoms with Gasteiger partial charge in [-0.25, -0.2) is 4.85 Å². The molecule has 5 rings (SSSR count). The fraction of sp³-hybridized carbons (Fsp3) is 0.419. The van der Waals surface area contributed by atoms with E-state index in [1.54, 1.807) is 0 Å². The van der Waals surface area contributed by atoms with Crippen LogP contribution >= 0.6 is 11.6 Å². The summed E-state index contributed by atoms with van der Waals surface area (Å²) in [5.74, 6) is 0.0923. The Hall–Kier alpha value is -3.47. The molecule has 39 heavy (non-hydrogen) atoms. The molecule has 0 unspecified atom stereocenters. The summed E-state index contributed by atoms with van der Waals surface area (Å²) < 4.78 is 2.06. The average Bonchev–Trinajstić information content (AvgIpc) is 3.09. The second kappa shape index (κ2) is 11.7. The molecule has 1 aromatic heterocycles. The van der Waals surface area contributed by atoms with Crippen LogP contribution in [0.5, 0.6) is 0 Å². The summed E-state index contributed by atoms with van der Waals surface area (Å²) in [5.41, 5.74) is 5.92. The van der Waals surface area contributed by atoms with Crippen LogP contribution in [0.3, 0.4) is 0 Å². The summed E-state index contributed by atoms with van der Waals surface area (Å²) in [6, 6.07) is 18.0. The molecule has 0 bridgehead atoms. The molecular weight excluding hydrogens is 508 g/mol. The summed E-state index contributed by atoms with van der Waals surface area (Å²) in [5, 5.41) is 0.806. The zero-order chi connectivity index (χ0) is 27.5. The lowest BCUT2D eigenvalue weighted by atomic mass is 10.1. The molecule has 0 aliphatic carbocycles. The Labute approximate surface area is 237 Å². The molecule has 0 radical (unpaired) electrons. The Morgan fingerprint density at radius 2 is 1.79 bits per heavy atom. The van der Waals surface area contributed by atoms with E-state index in [9.17, 15) is 4.79 Å². The van der Waals surface area contributed by atoms with Gasteiger partial charge < -0.3 is 19.3 Å². The van der Waals surface area contributed by atoms with Crippen LogP contribution in [0.1, 0.15) is 35.1 Å². The molecule has 1 amide bonds. The van der Waals surface area contributed by atoms with Gasteiger partial charge in [0.05, 0.1) is 17.3 Å². The fourth-order valence-corrected chi connectivity index (χ4v) is 6.10. The van der Waals surface area contributed by atoms with Crippen molar-refractivity contribution in [3.05, 3.63) is 88.0 Å². The van der Waals surface area contributed by atoms with Gasteiger partial charge in [0.1, 0.15) is 5.69 Å². The van der Waals surface area contributed by atoms with Crippen LogP contribution in [0.2, 0.25) is 5.02 Å². The molecule has 3 heterocycles. The van der Waals surface area contributed by atoms with E-state index in [-0.39, 0.29) is 11.9 Å². The first kappa shape index (κ1) is 27.1. The fourth-order valence-electron chi connectivity index (χ4n) is 5.85. The second-order valence-corrected chi connectivity index (χ2v) is 11.1. The largest absolute Gasteiger partial charge is 0.369 e. The van der Waals surface area contributed by atoms with Crippen LogP contribution in [-0.2, 0) is 13.6 Å². The van der Waals surface area contributed by atoms with Crippen molar-refractivity contribution in [2.24, 2.45) is 7.05 Å². The molecule has 7 nitrogen and oxygen atoms in total. The van der Waals surface area contributed by atoms with Gasteiger partial charge in [-0.2, -0.15) is 0 Å². The van der Waals surface area contributed by atoms with Gasteiger partial charge in [0.15, 0.2) is 5.69 Å². The maximum Gasteiger partial charge on any atom is 0.270 e. The van der Waals surface area contributed by atoms with Gasteiger partial charge in [0, 0.05) is 76.8 Å². The highest BCUT2D eigenvalue weighted by Gasteiger charge is 2.30. The number of amides is 1. The number of piperazine rings is 1. The maximum absolute atomic E-state index is 13.7. The number of hydrogen-bond donors (Lipinski definition) is 0. The minimum atomic E-state index is 0.0721. The van der Waals surface area contributed by atoms with E-state index in [2.05, 4.69) is 50.1 Å². The van der Waals surface area contributed by atoms with Crippen LogP contribution in [0.4, 0.5) is 17.1 Å². The predicted molar refractivity (Wildman–Crippen MR) is 159 cm³/mol. The number of aromatic nitrogens is 1. The van der Waals surface area contributed by atoms with Crippen molar-refractivity contribution in [3.63, 3.8) is 0 Å². The zero-order valence-electron chi connectivity index (χ0n) is 23.1. The van der Waals surface area contributed by atoms with Crippen LogP contribution < -0.4 is 9.80 Å². The van der Waals surface area contributed by atoms with Crippen molar-refractivity contribution in [1.82, 2.24) is 14.4 Å². The van der Waals surface area contributed by atoms with Crippen LogP contribution in [0.15, 0.2) is 54.6 Å². The number of halogens is 1. The highest BCUT2D eigenvalue weighted by molar-refractivity contribution is 6.33. The topological polar surface area (TPSA) is 39.3 Å². The standard InChI is InChI=1S/C31H37ClN6O/c1-23-21-37(27-10-7-9-26(20-27)33-3)17-18-38(23)31(39)30-19-25(24(2)34(30)4)22-35-13-8-14-36(16-15-35)29-12-6-5-11-28(29)32/h5-7,9-12,19-20,23H,8,13-18,21-22H2,1-2,4H3/t23-/m0/s1. The summed E-state index contributed by atoms with van der Waals surface area (Å²) in [4.78, 5) is 26.4. The SMILES string of the molecule is [C-]#[N+]c1cccc(N2CCN(C(=O)c3cc(CN4CCCN(c5ccccc5Cl)CC4)c(C)n3C)[C@@H](C)C2)c1. The molecule has 0 saturated carbocycles. The highest BCUT2D eigenvalue weighted by atomic mass is 35.5. The average molecular weight is 545 g/mol. The molecule has 2 aliphatic rings. The number of para-hydroxylation sites is 1. The first-order valence-corrected chi connectivity index (χ1v) is 14.1. The quantitative estimate of drug-likeness (QED) is 0.392. The van der Waals surface area contributed by atoms with Gasteiger partial charge in [0.25, 0.3) is 5.91 Å². The van der Waals surface area contributed by atoms with Gasteiger partial charge in [-0.3, -0.25) is 9.69 Å². The van der Waals surface area contributed by atoms with E-state index in [1.165, 1.54) is 5.56 Å². The monoisotopic (exact) mass is 544 g/mol. The minimum absolute atomic E-state index is 0.0721. The van der Waals surface area contributed by atoms with Crippen molar-refractivity contribution in [1.29, 1.82) is 0 Å². The van der Waals surface area contributed by atoms with Crippen molar-refractivity contribution in [2.75, 3.05) is 55.6 Å². The van der Waals surface area contributed by atoms with Gasteiger partial charge in [-0.1, -0.05) is 35.9 Å². The third-order valence-corrected chi connectivity index (χ3v) is 8.57. The third kappa shape index (κ3) is 5.78. The molecule has 2 fully saturated rings.